The monoisotopic (exact) mass is 431 g/mol. The number of rotatable bonds is 3. The van der Waals surface area contributed by atoms with Crippen LogP contribution in [0, 0.1) is 11.8 Å². The summed E-state index contributed by atoms with van der Waals surface area (Å²) in [5.74, 6) is 5.26. The zero-order valence-corrected chi connectivity index (χ0v) is 16.9. The van der Waals surface area contributed by atoms with Crippen LogP contribution in [0.4, 0.5) is 4.79 Å². The third-order valence-electron chi connectivity index (χ3n) is 5.52. The van der Waals surface area contributed by atoms with Crippen molar-refractivity contribution < 1.29 is 29.0 Å². The second-order valence-corrected chi connectivity index (χ2v) is 7.55. The molecule has 1 fully saturated rings. The van der Waals surface area contributed by atoms with Gasteiger partial charge in [0, 0.05) is 28.1 Å². The van der Waals surface area contributed by atoms with E-state index in [4.69, 9.17) is 9.47 Å². The summed E-state index contributed by atoms with van der Waals surface area (Å²) in [5, 5.41) is 16.8. The number of urea groups is 1. The smallest absolute Gasteiger partial charge is 0.338 e. The van der Waals surface area contributed by atoms with E-state index in [1.165, 1.54) is 11.7 Å². The van der Waals surface area contributed by atoms with Crippen LogP contribution in [0.1, 0.15) is 21.5 Å². The maximum atomic E-state index is 12.7. The number of cyclic esters (lactones) is 1. The van der Waals surface area contributed by atoms with Crippen LogP contribution in [0.5, 0.6) is 11.6 Å². The first kappa shape index (κ1) is 19.5. The van der Waals surface area contributed by atoms with E-state index in [0.29, 0.717) is 27.8 Å². The Morgan fingerprint density at radius 3 is 2.81 bits per heavy atom. The number of hydrogen-bond donors (Lipinski definition) is 3. The van der Waals surface area contributed by atoms with E-state index >= 15 is 0 Å². The van der Waals surface area contributed by atoms with Crippen LogP contribution in [-0.2, 0) is 22.7 Å². The number of imide groups is 1. The van der Waals surface area contributed by atoms with Crippen molar-refractivity contribution >= 4 is 28.7 Å². The lowest BCUT2D eigenvalue weighted by Crippen LogP contribution is -2.49. The molecule has 9 nitrogen and oxygen atoms in total. The lowest BCUT2D eigenvalue weighted by molar-refractivity contribution is -0.122. The predicted octanol–water partition coefficient (Wildman–Crippen LogP) is 1.66. The zero-order valence-electron chi connectivity index (χ0n) is 16.9. The van der Waals surface area contributed by atoms with Crippen molar-refractivity contribution in [2.24, 2.45) is 0 Å². The van der Waals surface area contributed by atoms with Crippen molar-refractivity contribution in [3.05, 3.63) is 59.3 Å². The summed E-state index contributed by atoms with van der Waals surface area (Å²) in [6.45, 7) is 0.0479. The summed E-state index contributed by atoms with van der Waals surface area (Å²) < 4.78 is 11.7. The Labute approximate surface area is 181 Å². The van der Waals surface area contributed by atoms with E-state index in [9.17, 15) is 19.5 Å². The van der Waals surface area contributed by atoms with E-state index in [2.05, 4.69) is 22.5 Å². The highest BCUT2D eigenvalue weighted by Gasteiger charge is 2.46. The lowest BCUT2D eigenvalue weighted by atomic mass is 9.99. The van der Waals surface area contributed by atoms with Gasteiger partial charge in [0.25, 0.3) is 5.91 Å². The molecule has 2 aliphatic heterocycles. The van der Waals surface area contributed by atoms with Gasteiger partial charge in [0.1, 0.15) is 12.4 Å². The molecule has 2 aliphatic rings. The molecular formula is C23H17N3O6. The van der Waals surface area contributed by atoms with E-state index in [1.54, 1.807) is 42.6 Å². The predicted molar refractivity (Wildman–Crippen MR) is 112 cm³/mol. The number of nitrogens with one attached hydrogen (secondary N) is 2. The Hall–Kier alpha value is -4.45. The Morgan fingerprint density at radius 1 is 1.22 bits per heavy atom. The van der Waals surface area contributed by atoms with E-state index < -0.39 is 17.5 Å². The normalized spacial score (nSPS) is 19.1. The molecule has 1 aromatic heterocycles. The highest BCUT2D eigenvalue weighted by molar-refractivity contribution is 6.09. The fourth-order valence-corrected chi connectivity index (χ4v) is 3.85. The molecule has 3 amide bonds. The van der Waals surface area contributed by atoms with Crippen LogP contribution >= 0.6 is 0 Å². The second kappa shape index (κ2) is 7.06. The van der Waals surface area contributed by atoms with Crippen LogP contribution in [0.2, 0.25) is 0 Å². The first-order valence-corrected chi connectivity index (χ1v) is 9.71. The summed E-state index contributed by atoms with van der Waals surface area (Å²) in [5.41, 5.74) is 0.150. The molecule has 0 spiro atoms. The molecule has 3 heterocycles. The van der Waals surface area contributed by atoms with Gasteiger partial charge in [-0.15, -0.1) is 0 Å². The molecule has 2 aromatic carbocycles. The first-order valence-electron chi connectivity index (χ1n) is 9.71. The molecule has 5 rings (SSSR count). The van der Waals surface area contributed by atoms with Crippen LogP contribution in [-0.4, -0.2) is 40.2 Å². The van der Waals surface area contributed by atoms with Crippen LogP contribution < -0.4 is 15.4 Å². The zero-order chi connectivity index (χ0) is 22.5. The number of esters is 1. The fraction of sp³-hybridized carbons (Fsp3) is 0.174. The molecule has 0 unspecified atom stereocenters. The van der Waals surface area contributed by atoms with Crippen molar-refractivity contribution in [1.82, 2.24) is 15.2 Å². The van der Waals surface area contributed by atoms with E-state index in [1.807, 2.05) is 0 Å². The first-order chi connectivity index (χ1) is 15.4. The topological polar surface area (TPSA) is 119 Å². The summed E-state index contributed by atoms with van der Waals surface area (Å²) in [4.78, 5) is 36.3. The molecule has 1 atom stereocenters. The number of aromatic nitrogens is 1. The molecule has 9 heteroatoms. The van der Waals surface area contributed by atoms with Crippen molar-refractivity contribution in [3.63, 3.8) is 0 Å². The molecule has 0 bridgehead atoms. The number of carbonyl (C=O) groups excluding carboxylic acids is 3. The molecule has 160 valence electrons. The Morgan fingerprint density at radius 2 is 2.06 bits per heavy atom. The summed E-state index contributed by atoms with van der Waals surface area (Å²) in [6, 6.07) is 9.53. The number of hydrogen-bond acceptors (Lipinski definition) is 6. The average Bonchev–Trinajstić information content (AvgIpc) is 3.40. The number of benzene rings is 2. The minimum Gasteiger partial charge on any atom is -0.497 e. The maximum Gasteiger partial charge on any atom is 0.338 e. The second-order valence-electron chi connectivity index (χ2n) is 7.55. The molecule has 1 saturated heterocycles. The summed E-state index contributed by atoms with van der Waals surface area (Å²) >= 11 is 0. The Balaban J connectivity index is 1.53. The lowest BCUT2D eigenvalue weighted by Gasteiger charge is -2.20. The van der Waals surface area contributed by atoms with Gasteiger partial charge in [-0.1, -0.05) is 11.8 Å². The standard InChI is InChI=1S/C23H17N3O6/c1-31-16-4-3-14-10-26(19(27)18(14)9-16)12-23(21(29)24-22(30)25-23)7-6-13-2-5-17-15(8-13)11-32-20(17)28/h2-5,8-10,27H,11-12H2,1H3,(H2,24,25,29,30)/t23-/m1/s1. The third-order valence-corrected chi connectivity index (χ3v) is 5.52. The van der Waals surface area contributed by atoms with Gasteiger partial charge >= 0.3 is 12.0 Å². The van der Waals surface area contributed by atoms with Gasteiger partial charge in [-0.05, 0) is 36.4 Å². The quantitative estimate of drug-likeness (QED) is 0.330. The fourth-order valence-electron chi connectivity index (χ4n) is 3.85. The van der Waals surface area contributed by atoms with E-state index in [0.717, 1.165) is 5.39 Å². The van der Waals surface area contributed by atoms with Crippen LogP contribution in [0.25, 0.3) is 10.8 Å². The average molecular weight is 431 g/mol. The molecule has 0 aliphatic carbocycles. The van der Waals surface area contributed by atoms with Crippen molar-refractivity contribution in [2.75, 3.05) is 7.11 Å². The van der Waals surface area contributed by atoms with Gasteiger partial charge < -0.3 is 24.5 Å². The SMILES string of the molecule is COc1ccc2cn(C[C@@]3(C#Cc4ccc5c(c4)COC5=O)NC(=O)NC3=O)c(O)c2c1. The minimum atomic E-state index is -1.60. The third kappa shape index (κ3) is 3.09. The number of fused-ring (bicyclic) bond motifs is 2. The molecule has 3 aromatic rings. The van der Waals surface area contributed by atoms with Gasteiger partial charge in [-0.25, -0.2) is 9.59 Å². The van der Waals surface area contributed by atoms with Gasteiger partial charge in [0.15, 0.2) is 5.88 Å². The van der Waals surface area contributed by atoms with Crippen LogP contribution in [0.3, 0.4) is 0 Å². The van der Waals surface area contributed by atoms with Crippen molar-refractivity contribution in [3.8, 4) is 23.5 Å². The Kier molecular flexibility index (Phi) is 4.30. The number of carbonyl (C=O) groups is 3. The largest absolute Gasteiger partial charge is 0.497 e. The number of aromatic hydroxyl groups is 1. The minimum absolute atomic E-state index is 0.0813. The van der Waals surface area contributed by atoms with Gasteiger partial charge in [0.2, 0.25) is 5.54 Å². The number of methoxy groups -OCH3 is 1. The van der Waals surface area contributed by atoms with Crippen molar-refractivity contribution in [2.45, 2.75) is 18.7 Å². The van der Waals surface area contributed by atoms with Gasteiger partial charge in [-0.2, -0.15) is 0 Å². The number of nitrogens with zero attached hydrogens (tertiary/aromatic N) is 1. The molecule has 3 N–H and O–H groups in total. The van der Waals surface area contributed by atoms with Gasteiger partial charge in [0.05, 0.1) is 19.2 Å². The van der Waals surface area contributed by atoms with Crippen LogP contribution in [0.15, 0.2) is 42.6 Å². The number of amides is 3. The van der Waals surface area contributed by atoms with Gasteiger partial charge in [-0.3, -0.25) is 10.1 Å². The summed E-state index contributed by atoms with van der Waals surface area (Å²) in [6.07, 6.45) is 1.67. The molecule has 32 heavy (non-hydrogen) atoms. The highest BCUT2D eigenvalue weighted by Crippen LogP contribution is 2.32. The molecular weight excluding hydrogens is 414 g/mol. The Bertz CT molecular complexity index is 1380. The maximum absolute atomic E-state index is 12.7. The summed E-state index contributed by atoms with van der Waals surface area (Å²) in [7, 11) is 1.53. The number of ether oxygens (including phenoxy) is 2. The molecule has 0 radical (unpaired) electrons. The highest BCUT2D eigenvalue weighted by atomic mass is 16.5. The van der Waals surface area contributed by atoms with E-state index in [-0.39, 0.29) is 25.0 Å². The molecule has 0 saturated carbocycles. The van der Waals surface area contributed by atoms with Crippen molar-refractivity contribution in [1.29, 1.82) is 0 Å².